The van der Waals surface area contributed by atoms with Gasteiger partial charge in [-0.1, -0.05) is 73.0 Å². The van der Waals surface area contributed by atoms with Gasteiger partial charge in [0.05, 0.1) is 12.0 Å². The average molecular weight is 292 g/mol. The summed E-state index contributed by atoms with van der Waals surface area (Å²) in [6.45, 7) is 0.699. The smallest absolute Gasteiger partial charge is 0.239 e. The van der Waals surface area contributed by atoms with Crippen molar-refractivity contribution in [2.75, 3.05) is 6.61 Å². The zero-order valence-electron chi connectivity index (χ0n) is 12.2. The van der Waals surface area contributed by atoms with Crippen LogP contribution in [0.2, 0.25) is 0 Å². The minimum Gasteiger partial charge on any atom is -0.409 e. The quantitative estimate of drug-likeness (QED) is 0.607. The van der Waals surface area contributed by atoms with E-state index in [0.29, 0.717) is 6.61 Å². The van der Waals surface area contributed by atoms with Gasteiger partial charge < -0.3 is 4.43 Å². The van der Waals surface area contributed by atoms with Crippen LogP contribution in [-0.2, 0) is 4.43 Å². The molecule has 1 fully saturated rings. The second-order valence-electron chi connectivity index (χ2n) is 5.79. The first-order valence-electron chi connectivity index (χ1n) is 7.52. The van der Waals surface area contributed by atoms with Gasteiger partial charge in [-0.2, -0.15) is 0 Å². The van der Waals surface area contributed by atoms with E-state index in [1.165, 1.54) is 16.8 Å². The summed E-state index contributed by atoms with van der Waals surface area (Å²) in [5, 5.41) is 2.63. The Bertz CT molecular complexity index is 572. The molecule has 0 radical (unpaired) electrons. The zero-order valence-corrected chi connectivity index (χ0v) is 13.3. The monoisotopic (exact) mass is 292 g/mol. The number of rotatable bonds is 5. The molecular formula is C19H20OSi. The van der Waals surface area contributed by atoms with E-state index < -0.39 is 9.04 Å². The fourth-order valence-electron chi connectivity index (χ4n) is 2.82. The van der Waals surface area contributed by atoms with Crippen LogP contribution in [0, 0.1) is 17.8 Å². The van der Waals surface area contributed by atoms with Gasteiger partial charge in [0.2, 0.25) is 9.04 Å². The lowest BCUT2D eigenvalue weighted by Crippen LogP contribution is -2.48. The molecule has 0 unspecified atom stereocenters. The Morgan fingerprint density at radius 2 is 1.48 bits per heavy atom. The first-order chi connectivity index (χ1) is 10.3. The number of hydrogen-bond acceptors (Lipinski definition) is 1. The Kier molecular flexibility index (Phi) is 4.24. The summed E-state index contributed by atoms with van der Waals surface area (Å²) in [5.41, 5.74) is -0.00515. The molecule has 21 heavy (non-hydrogen) atoms. The molecule has 1 nitrogen and oxygen atoms in total. The predicted molar refractivity (Wildman–Crippen MR) is 90.4 cm³/mol. The van der Waals surface area contributed by atoms with Crippen LogP contribution in [0.15, 0.2) is 60.7 Å². The van der Waals surface area contributed by atoms with Crippen LogP contribution in [0.5, 0.6) is 0 Å². The van der Waals surface area contributed by atoms with E-state index in [1.54, 1.807) is 0 Å². The Labute approximate surface area is 128 Å². The van der Waals surface area contributed by atoms with Gasteiger partial charge in [-0.25, -0.2) is 0 Å². The summed E-state index contributed by atoms with van der Waals surface area (Å²) in [5.74, 6) is 2.97. The average Bonchev–Trinajstić information content (AvgIpc) is 2.52. The molecule has 106 valence electrons. The van der Waals surface area contributed by atoms with Gasteiger partial charge in [0.25, 0.3) is 0 Å². The summed E-state index contributed by atoms with van der Waals surface area (Å²) in [6.07, 6.45) is 9.16. The molecule has 2 aromatic carbocycles. The van der Waals surface area contributed by atoms with Gasteiger partial charge in [-0.3, -0.25) is 0 Å². The van der Waals surface area contributed by atoms with Crippen LogP contribution < -0.4 is 10.4 Å². The third kappa shape index (κ3) is 3.10. The van der Waals surface area contributed by atoms with E-state index in [2.05, 4.69) is 66.6 Å². The minimum absolute atomic E-state index is 0.00515. The topological polar surface area (TPSA) is 9.23 Å². The molecule has 0 aliphatic heterocycles. The van der Waals surface area contributed by atoms with Gasteiger partial charge in [-0.05, 0) is 23.2 Å². The van der Waals surface area contributed by atoms with E-state index in [0.717, 1.165) is 12.8 Å². The third-order valence-corrected chi connectivity index (χ3v) is 6.83. The molecule has 0 heterocycles. The molecule has 1 aliphatic carbocycles. The minimum atomic E-state index is -1.64. The summed E-state index contributed by atoms with van der Waals surface area (Å²) < 4.78 is 6.41. The van der Waals surface area contributed by atoms with Gasteiger partial charge in [0.1, 0.15) is 0 Å². The lowest BCUT2D eigenvalue weighted by atomic mass is 9.70. The fourth-order valence-corrected chi connectivity index (χ4v) is 5.22. The molecule has 0 amide bonds. The van der Waals surface area contributed by atoms with Crippen LogP contribution in [0.25, 0.3) is 0 Å². The van der Waals surface area contributed by atoms with Crippen molar-refractivity contribution in [2.24, 2.45) is 5.41 Å². The molecule has 0 spiro atoms. The van der Waals surface area contributed by atoms with Crippen molar-refractivity contribution >= 4 is 19.4 Å². The number of hydrogen-bond donors (Lipinski definition) is 0. The molecular weight excluding hydrogens is 272 g/mol. The van der Waals surface area contributed by atoms with E-state index >= 15 is 0 Å². The first kappa shape index (κ1) is 14.1. The highest BCUT2D eigenvalue weighted by Gasteiger charge is 2.36. The molecule has 2 heteroatoms. The summed E-state index contributed by atoms with van der Waals surface area (Å²) in [7, 11) is -1.64. The van der Waals surface area contributed by atoms with Crippen LogP contribution in [0.1, 0.15) is 19.3 Å². The van der Waals surface area contributed by atoms with Crippen molar-refractivity contribution < 1.29 is 4.43 Å². The van der Waals surface area contributed by atoms with Crippen LogP contribution in [0.3, 0.4) is 0 Å². The molecule has 2 aromatic rings. The zero-order chi connectivity index (χ0) is 14.5. The van der Waals surface area contributed by atoms with Crippen molar-refractivity contribution in [1.29, 1.82) is 0 Å². The molecule has 0 atom stereocenters. The predicted octanol–water partition coefficient (Wildman–Crippen LogP) is 2.34. The molecule has 3 rings (SSSR count). The van der Waals surface area contributed by atoms with Crippen molar-refractivity contribution in [3.63, 3.8) is 0 Å². The maximum Gasteiger partial charge on any atom is 0.239 e. The van der Waals surface area contributed by atoms with Crippen LogP contribution in [-0.4, -0.2) is 15.6 Å². The standard InChI is InChI=1S/C19H20OSi/c1-2-19(14-9-15-19)16-20-21(17-10-5-3-6-11-17)18-12-7-4-8-13-18/h1,3-8,10-13,21H,9,14-16H2. The first-order valence-corrected chi connectivity index (χ1v) is 9.15. The lowest BCUT2D eigenvalue weighted by Gasteiger charge is -2.38. The maximum atomic E-state index is 6.41. The SMILES string of the molecule is C#CC1(CO[SiH](c2ccccc2)c2ccccc2)CCC1. The van der Waals surface area contributed by atoms with E-state index in [9.17, 15) is 0 Å². The molecule has 1 saturated carbocycles. The van der Waals surface area contributed by atoms with Crippen molar-refractivity contribution in [1.82, 2.24) is 0 Å². The van der Waals surface area contributed by atoms with Gasteiger partial charge in [-0.15, -0.1) is 6.42 Å². The Hall–Kier alpha value is -1.82. The largest absolute Gasteiger partial charge is 0.409 e. The summed E-state index contributed by atoms with van der Waals surface area (Å²) in [4.78, 5) is 0. The van der Waals surface area contributed by atoms with Crippen LogP contribution in [0.4, 0.5) is 0 Å². The van der Waals surface area contributed by atoms with Crippen molar-refractivity contribution in [3.8, 4) is 12.3 Å². The Morgan fingerprint density at radius 1 is 0.952 bits per heavy atom. The van der Waals surface area contributed by atoms with Gasteiger partial charge in [0.15, 0.2) is 0 Å². The highest BCUT2D eigenvalue weighted by atomic mass is 28.3. The highest BCUT2D eigenvalue weighted by molar-refractivity contribution is 6.80. The van der Waals surface area contributed by atoms with E-state index in [-0.39, 0.29) is 5.41 Å². The molecule has 0 aromatic heterocycles. The number of benzene rings is 2. The number of terminal acetylenes is 1. The van der Waals surface area contributed by atoms with Gasteiger partial charge >= 0.3 is 0 Å². The highest BCUT2D eigenvalue weighted by Crippen LogP contribution is 2.40. The molecule has 0 bridgehead atoms. The maximum absolute atomic E-state index is 6.41. The van der Waals surface area contributed by atoms with Crippen molar-refractivity contribution in [3.05, 3.63) is 60.7 Å². The second-order valence-corrected chi connectivity index (χ2v) is 8.22. The summed E-state index contributed by atoms with van der Waals surface area (Å²) in [6, 6.07) is 21.1. The second kappa shape index (κ2) is 6.30. The van der Waals surface area contributed by atoms with Gasteiger partial charge in [0, 0.05) is 0 Å². The van der Waals surface area contributed by atoms with E-state index in [4.69, 9.17) is 10.8 Å². The Morgan fingerprint density at radius 3 is 1.86 bits per heavy atom. The normalized spacial score (nSPS) is 16.2. The summed E-state index contributed by atoms with van der Waals surface area (Å²) >= 11 is 0. The van der Waals surface area contributed by atoms with Crippen molar-refractivity contribution in [2.45, 2.75) is 19.3 Å². The molecule has 0 saturated heterocycles. The van der Waals surface area contributed by atoms with Crippen LogP contribution >= 0.6 is 0 Å². The molecule has 1 aliphatic rings. The molecule has 0 N–H and O–H groups in total. The Balaban J connectivity index is 1.82. The third-order valence-electron chi connectivity index (χ3n) is 4.35. The van der Waals surface area contributed by atoms with E-state index in [1.807, 2.05) is 0 Å². The fraction of sp³-hybridized carbons (Fsp3) is 0.263. The lowest BCUT2D eigenvalue weighted by molar-refractivity contribution is 0.119.